The summed E-state index contributed by atoms with van der Waals surface area (Å²) in [7, 11) is 1.65. The Labute approximate surface area is 102 Å². The number of nitrogens with zero attached hydrogens (tertiary/aromatic N) is 3. The Morgan fingerprint density at radius 3 is 2.88 bits per heavy atom. The standard InChI is InChI=1S/C12H20N4O/c1-3-5-16-6-4-10-9(8-16)12(17-2)15-11(7-13)14-10/h3-8,13H2,1-2H3. The van der Waals surface area contributed by atoms with Crippen LogP contribution in [-0.2, 0) is 19.5 Å². The molecule has 1 aromatic heterocycles. The highest BCUT2D eigenvalue weighted by atomic mass is 16.5. The van der Waals surface area contributed by atoms with E-state index >= 15 is 0 Å². The van der Waals surface area contributed by atoms with Crippen LogP contribution in [0.3, 0.4) is 0 Å². The fraction of sp³-hybridized carbons (Fsp3) is 0.667. The first-order valence-corrected chi connectivity index (χ1v) is 6.13. The van der Waals surface area contributed by atoms with Crippen LogP contribution < -0.4 is 10.5 Å². The predicted molar refractivity (Wildman–Crippen MR) is 65.7 cm³/mol. The third-order valence-corrected chi connectivity index (χ3v) is 3.06. The van der Waals surface area contributed by atoms with Gasteiger partial charge in [0.25, 0.3) is 0 Å². The summed E-state index contributed by atoms with van der Waals surface area (Å²) in [6, 6.07) is 0. The lowest BCUT2D eigenvalue weighted by molar-refractivity contribution is 0.244. The lowest BCUT2D eigenvalue weighted by atomic mass is 10.1. The third-order valence-electron chi connectivity index (χ3n) is 3.06. The van der Waals surface area contributed by atoms with Gasteiger partial charge in [0.15, 0.2) is 0 Å². The zero-order chi connectivity index (χ0) is 12.3. The van der Waals surface area contributed by atoms with E-state index in [4.69, 9.17) is 10.5 Å². The average molecular weight is 236 g/mol. The van der Waals surface area contributed by atoms with Gasteiger partial charge in [-0.25, -0.2) is 4.98 Å². The maximum absolute atomic E-state index is 5.59. The second-order valence-electron chi connectivity index (χ2n) is 4.30. The lowest BCUT2D eigenvalue weighted by Gasteiger charge is -2.28. The van der Waals surface area contributed by atoms with Gasteiger partial charge in [0.05, 0.1) is 19.3 Å². The van der Waals surface area contributed by atoms with Crippen molar-refractivity contribution in [1.29, 1.82) is 0 Å². The monoisotopic (exact) mass is 236 g/mol. The number of methoxy groups -OCH3 is 1. The van der Waals surface area contributed by atoms with E-state index in [9.17, 15) is 0 Å². The zero-order valence-electron chi connectivity index (χ0n) is 10.6. The summed E-state index contributed by atoms with van der Waals surface area (Å²) in [6.45, 7) is 5.62. The summed E-state index contributed by atoms with van der Waals surface area (Å²) in [4.78, 5) is 11.2. The molecule has 0 aromatic carbocycles. The number of rotatable bonds is 4. The van der Waals surface area contributed by atoms with E-state index in [1.807, 2.05) is 0 Å². The summed E-state index contributed by atoms with van der Waals surface area (Å²) >= 11 is 0. The highest BCUT2D eigenvalue weighted by Gasteiger charge is 2.22. The molecule has 0 fully saturated rings. The summed E-state index contributed by atoms with van der Waals surface area (Å²) in [5.74, 6) is 1.36. The minimum Gasteiger partial charge on any atom is -0.481 e. The van der Waals surface area contributed by atoms with Crippen molar-refractivity contribution in [1.82, 2.24) is 14.9 Å². The Morgan fingerprint density at radius 2 is 2.24 bits per heavy atom. The molecule has 1 aromatic rings. The fourth-order valence-electron chi connectivity index (χ4n) is 2.26. The Bertz CT molecular complexity index is 377. The highest BCUT2D eigenvalue weighted by molar-refractivity contribution is 5.33. The second-order valence-corrected chi connectivity index (χ2v) is 4.30. The molecule has 2 N–H and O–H groups in total. The normalized spacial score (nSPS) is 15.7. The van der Waals surface area contributed by atoms with Crippen LogP contribution in [0.4, 0.5) is 0 Å². The maximum atomic E-state index is 5.59. The van der Waals surface area contributed by atoms with Crippen LogP contribution in [0, 0.1) is 0 Å². The van der Waals surface area contributed by atoms with Crippen LogP contribution in [0.2, 0.25) is 0 Å². The average Bonchev–Trinajstić information content (AvgIpc) is 2.37. The summed E-state index contributed by atoms with van der Waals surface area (Å²) in [6.07, 6.45) is 2.13. The van der Waals surface area contributed by atoms with Crippen LogP contribution in [0.1, 0.15) is 30.4 Å². The van der Waals surface area contributed by atoms with Gasteiger partial charge in [-0.2, -0.15) is 4.98 Å². The van der Waals surface area contributed by atoms with Crippen molar-refractivity contribution in [3.63, 3.8) is 0 Å². The molecule has 0 aliphatic carbocycles. The molecule has 0 atom stereocenters. The van der Waals surface area contributed by atoms with E-state index in [2.05, 4.69) is 21.8 Å². The molecule has 2 rings (SSSR count). The smallest absolute Gasteiger partial charge is 0.221 e. The van der Waals surface area contributed by atoms with Gasteiger partial charge < -0.3 is 10.5 Å². The van der Waals surface area contributed by atoms with Crippen molar-refractivity contribution < 1.29 is 4.74 Å². The highest BCUT2D eigenvalue weighted by Crippen LogP contribution is 2.25. The molecule has 94 valence electrons. The van der Waals surface area contributed by atoms with Crippen LogP contribution in [-0.4, -0.2) is 35.1 Å². The van der Waals surface area contributed by atoms with Crippen molar-refractivity contribution in [2.45, 2.75) is 32.9 Å². The molecule has 0 bridgehead atoms. The van der Waals surface area contributed by atoms with Crippen molar-refractivity contribution in [3.05, 3.63) is 17.1 Å². The fourth-order valence-corrected chi connectivity index (χ4v) is 2.26. The predicted octanol–water partition coefficient (Wildman–Crippen LogP) is 0.712. The molecule has 1 aliphatic heterocycles. The molecule has 5 nitrogen and oxygen atoms in total. The summed E-state index contributed by atoms with van der Waals surface area (Å²) < 4.78 is 5.35. The Hall–Kier alpha value is -1.20. The number of nitrogens with two attached hydrogens (primary N) is 1. The SMILES string of the molecule is CCCN1CCc2nc(CN)nc(OC)c2C1. The second kappa shape index (κ2) is 5.42. The lowest BCUT2D eigenvalue weighted by Crippen LogP contribution is -2.32. The van der Waals surface area contributed by atoms with Crippen molar-refractivity contribution in [2.24, 2.45) is 5.73 Å². The van der Waals surface area contributed by atoms with Gasteiger partial charge in [0.1, 0.15) is 5.82 Å². The first kappa shape index (κ1) is 12.3. The van der Waals surface area contributed by atoms with E-state index in [0.717, 1.165) is 37.3 Å². The quantitative estimate of drug-likeness (QED) is 0.834. The number of aromatic nitrogens is 2. The van der Waals surface area contributed by atoms with Crippen LogP contribution >= 0.6 is 0 Å². The number of ether oxygens (including phenoxy) is 1. The number of hydrogen-bond acceptors (Lipinski definition) is 5. The zero-order valence-corrected chi connectivity index (χ0v) is 10.6. The molecule has 1 aliphatic rings. The van der Waals surface area contributed by atoms with Gasteiger partial charge in [-0.3, -0.25) is 4.90 Å². The van der Waals surface area contributed by atoms with E-state index in [1.54, 1.807) is 7.11 Å². The van der Waals surface area contributed by atoms with Gasteiger partial charge in [-0.15, -0.1) is 0 Å². The number of hydrogen-bond donors (Lipinski definition) is 1. The molecular weight excluding hydrogens is 216 g/mol. The molecule has 0 amide bonds. The molecule has 0 saturated carbocycles. The number of fused-ring (bicyclic) bond motifs is 1. The van der Waals surface area contributed by atoms with Crippen LogP contribution in [0.25, 0.3) is 0 Å². The molecule has 0 saturated heterocycles. The van der Waals surface area contributed by atoms with E-state index < -0.39 is 0 Å². The first-order valence-electron chi connectivity index (χ1n) is 6.13. The van der Waals surface area contributed by atoms with Gasteiger partial charge in [0, 0.05) is 25.1 Å². The largest absolute Gasteiger partial charge is 0.481 e. The van der Waals surface area contributed by atoms with Gasteiger partial charge in [-0.05, 0) is 13.0 Å². The summed E-state index contributed by atoms with van der Waals surface area (Å²) in [5.41, 5.74) is 7.82. The molecular formula is C12H20N4O. The minimum atomic E-state index is 0.363. The van der Waals surface area contributed by atoms with Gasteiger partial charge >= 0.3 is 0 Å². The molecule has 0 unspecified atom stereocenters. The van der Waals surface area contributed by atoms with Crippen LogP contribution in [0.15, 0.2) is 0 Å². The van der Waals surface area contributed by atoms with E-state index in [1.165, 1.54) is 6.42 Å². The molecule has 0 radical (unpaired) electrons. The van der Waals surface area contributed by atoms with Crippen molar-refractivity contribution in [2.75, 3.05) is 20.2 Å². The topological polar surface area (TPSA) is 64.3 Å². The van der Waals surface area contributed by atoms with Gasteiger partial charge in [0.2, 0.25) is 5.88 Å². The van der Waals surface area contributed by atoms with E-state index in [-0.39, 0.29) is 0 Å². The van der Waals surface area contributed by atoms with Crippen molar-refractivity contribution in [3.8, 4) is 5.88 Å². The molecule has 2 heterocycles. The van der Waals surface area contributed by atoms with E-state index in [0.29, 0.717) is 18.2 Å². The molecule has 5 heteroatoms. The van der Waals surface area contributed by atoms with Crippen molar-refractivity contribution >= 4 is 0 Å². The first-order chi connectivity index (χ1) is 8.28. The van der Waals surface area contributed by atoms with Crippen LogP contribution in [0.5, 0.6) is 5.88 Å². The molecule has 17 heavy (non-hydrogen) atoms. The Kier molecular flexibility index (Phi) is 3.91. The van der Waals surface area contributed by atoms with Gasteiger partial charge in [-0.1, -0.05) is 6.92 Å². The minimum absolute atomic E-state index is 0.363. The Morgan fingerprint density at radius 1 is 1.41 bits per heavy atom. The molecule has 0 spiro atoms. The third kappa shape index (κ3) is 2.56. The summed E-state index contributed by atoms with van der Waals surface area (Å²) in [5, 5.41) is 0. The maximum Gasteiger partial charge on any atom is 0.221 e. The Balaban J connectivity index is 2.29.